The molecule has 0 aromatic rings. The van der Waals surface area contributed by atoms with Crippen LogP contribution in [0.15, 0.2) is 0 Å². The minimum atomic E-state index is 0.184. The number of hydrogen-bond acceptors (Lipinski definition) is 3. The predicted molar refractivity (Wildman–Crippen MR) is 125 cm³/mol. The van der Waals surface area contributed by atoms with Gasteiger partial charge in [0, 0.05) is 52.0 Å². The van der Waals surface area contributed by atoms with E-state index < -0.39 is 0 Å². The molecular weight excluding hydrogens is 372 g/mol. The van der Waals surface area contributed by atoms with Gasteiger partial charge >= 0.3 is 0 Å². The molecule has 30 heavy (non-hydrogen) atoms. The molecule has 1 N–H and O–H groups in total. The zero-order valence-electron chi connectivity index (χ0n) is 19.0. The van der Waals surface area contributed by atoms with Crippen LogP contribution < -0.4 is 0 Å². The van der Waals surface area contributed by atoms with Crippen LogP contribution in [-0.2, 0) is 4.79 Å². The van der Waals surface area contributed by atoms with Gasteiger partial charge in [-0.3, -0.25) is 9.69 Å². The minimum Gasteiger partial charge on any atom is -0.395 e. The van der Waals surface area contributed by atoms with Gasteiger partial charge in [-0.1, -0.05) is 62.7 Å². The molecule has 0 aliphatic carbocycles. The third kappa shape index (κ3) is 14.1. The Labute approximate surface area is 184 Å². The number of hydrogen-bond donors (Lipinski definition) is 1. The van der Waals surface area contributed by atoms with Gasteiger partial charge in [0.25, 0.3) is 0 Å². The van der Waals surface area contributed by atoms with Crippen molar-refractivity contribution >= 4 is 5.91 Å². The summed E-state index contributed by atoms with van der Waals surface area (Å²) in [4.78, 5) is 16.3. The first-order valence-electron chi connectivity index (χ1n) is 11.8. The Hall–Kier alpha value is -1.93. The van der Waals surface area contributed by atoms with Crippen LogP contribution in [0, 0.1) is 35.5 Å². The number of aliphatic hydroxyl groups excluding tert-OH is 1. The highest BCUT2D eigenvalue weighted by molar-refractivity contribution is 5.76. The fourth-order valence-corrected chi connectivity index (χ4v) is 3.36. The first-order valence-corrected chi connectivity index (χ1v) is 11.8. The van der Waals surface area contributed by atoms with Gasteiger partial charge in [0.1, 0.15) is 0 Å². The summed E-state index contributed by atoms with van der Waals surface area (Å²) in [5.74, 6) is 18.8. The average molecular weight is 413 g/mol. The second-order valence-corrected chi connectivity index (χ2v) is 7.73. The summed E-state index contributed by atoms with van der Waals surface area (Å²) in [7, 11) is 0. The molecule has 0 radical (unpaired) electrons. The molecule has 166 valence electrons. The maximum Gasteiger partial charge on any atom is 0.222 e. The lowest BCUT2D eigenvalue weighted by atomic mass is 10.1. The molecule has 1 rings (SSSR count). The van der Waals surface area contributed by atoms with Gasteiger partial charge in [0.05, 0.1) is 19.4 Å². The fraction of sp³-hybridized carbons (Fsp3) is 0.731. The largest absolute Gasteiger partial charge is 0.395 e. The first-order chi connectivity index (χ1) is 14.8. The summed E-state index contributed by atoms with van der Waals surface area (Å²) in [5, 5.41) is 8.96. The highest BCUT2D eigenvalue weighted by Gasteiger charge is 2.19. The average Bonchev–Trinajstić information content (AvgIpc) is 2.76. The van der Waals surface area contributed by atoms with Gasteiger partial charge in [0.2, 0.25) is 5.91 Å². The monoisotopic (exact) mass is 412 g/mol. The number of amides is 1. The van der Waals surface area contributed by atoms with Crippen LogP contribution in [0.25, 0.3) is 0 Å². The Kier molecular flexibility index (Phi) is 16.6. The van der Waals surface area contributed by atoms with Crippen molar-refractivity contribution in [1.82, 2.24) is 9.80 Å². The van der Waals surface area contributed by atoms with Gasteiger partial charge in [-0.05, 0) is 12.8 Å². The smallest absolute Gasteiger partial charge is 0.222 e. The van der Waals surface area contributed by atoms with Crippen molar-refractivity contribution in [3.8, 4) is 35.5 Å². The van der Waals surface area contributed by atoms with Gasteiger partial charge in [0.15, 0.2) is 0 Å². The van der Waals surface area contributed by atoms with Crippen LogP contribution in [0.2, 0.25) is 0 Å². The van der Waals surface area contributed by atoms with Crippen LogP contribution in [0.4, 0.5) is 0 Å². The molecule has 4 heteroatoms. The number of carbonyl (C=O) groups excluding carboxylic acids is 1. The quantitative estimate of drug-likeness (QED) is 0.414. The zero-order chi connectivity index (χ0) is 21.7. The van der Waals surface area contributed by atoms with E-state index in [1.54, 1.807) is 0 Å². The van der Waals surface area contributed by atoms with Crippen LogP contribution in [0.3, 0.4) is 0 Å². The second kappa shape index (κ2) is 19.1. The van der Waals surface area contributed by atoms with Crippen molar-refractivity contribution in [2.24, 2.45) is 0 Å². The molecule has 1 saturated heterocycles. The topological polar surface area (TPSA) is 43.8 Å². The highest BCUT2D eigenvalue weighted by atomic mass is 16.3. The minimum absolute atomic E-state index is 0.184. The molecule has 1 aliphatic heterocycles. The Balaban J connectivity index is 1.99. The molecule has 1 amide bonds. The molecule has 0 aromatic carbocycles. The van der Waals surface area contributed by atoms with Crippen molar-refractivity contribution in [2.75, 3.05) is 39.3 Å². The standard InChI is InChI=1S/C26H40N2O2/c1-2-3-4-5-6-7-8-9-10-11-12-13-14-15-16-17-18-19-26(30)28-22-20-27(21-23-28)24-25-29/h29H,2-8,11,14,17-25H2,1H3. The Morgan fingerprint density at radius 1 is 0.767 bits per heavy atom. The van der Waals surface area contributed by atoms with Crippen molar-refractivity contribution < 1.29 is 9.90 Å². The normalized spacial score (nSPS) is 13.5. The highest BCUT2D eigenvalue weighted by Crippen LogP contribution is 2.07. The van der Waals surface area contributed by atoms with Crippen molar-refractivity contribution in [2.45, 2.75) is 84.0 Å². The summed E-state index contributed by atoms with van der Waals surface area (Å²) in [6, 6.07) is 0. The molecule has 1 aliphatic rings. The van der Waals surface area contributed by atoms with Crippen molar-refractivity contribution in [3.05, 3.63) is 0 Å². The molecule has 0 spiro atoms. The van der Waals surface area contributed by atoms with Crippen LogP contribution in [0.5, 0.6) is 0 Å². The predicted octanol–water partition coefficient (Wildman–Crippen LogP) is 3.83. The van der Waals surface area contributed by atoms with Crippen molar-refractivity contribution in [3.63, 3.8) is 0 Å². The van der Waals surface area contributed by atoms with E-state index >= 15 is 0 Å². The lowest BCUT2D eigenvalue weighted by molar-refractivity contribution is -0.133. The summed E-state index contributed by atoms with van der Waals surface area (Å²) >= 11 is 0. The van der Waals surface area contributed by atoms with Crippen LogP contribution in [0.1, 0.15) is 84.0 Å². The van der Waals surface area contributed by atoms with Crippen molar-refractivity contribution in [1.29, 1.82) is 0 Å². The first kappa shape index (κ1) is 26.1. The molecular formula is C26H40N2O2. The molecule has 0 saturated carbocycles. The lowest BCUT2D eigenvalue weighted by Crippen LogP contribution is -2.49. The van der Waals surface area contributed by atoms with Gasteiger partial charge in [-0.25, -0.2) is 0 Å². The summed E-state index contributed by atoms with van der Waals surface area (Å²) in [6.07, 6.45) is 12.2. The van der Waals surface area contributed by atoms with E-state index in [9.17, 15) is 4.79 Å². The zero-order valence-corrected chi connectivity index (χ0v) is 19.0. The Bertz CT molecular complexity index is 631. The van der Waals surface area contributed by atoms with E-state index in [0.29, 0.717) is 25.8 Å². The van der Waals surface area contributed by atoms with Crippen LogP contribution in [-0.4, -0.2) is 60.1 Å². The molecule has 1 fully saturated rings. The molecule has 0 unspecified atom stereocenters. The lowest BCUT2D eigenvalue weighted by Gasteiger charge is -2.34. The van der Waals surface area contributed by atoms with Gasteiger partial charge < -0.3 is 10.0 Å². The number of aliphatic hydroxyl groups is 1. The maximum atomic E-state index is 12.2. The summed E-state index contributed by atoms with van der Waals surface area (Å²) in [5.41, 5.74) is 0. The Morgan fingerprint density at radius 3 is 1.97 bits per heavy atom. The van der Waals surface area contributed by atoms with E-state index in [2.05, 4.69) is 47.3 Å². The van der Waals surface area contributed by atoms with Crippen LogP contribution >= 0.6 is 0 Å². The summed E-state index contributed by atoms with van der Waals surface area (Å²) in [6.45, 7) is 6.37. The number of nitrogens with zero attached hydrogens (tertiary/aromatic N) is 2. The van der Waals surface area contributed by atoms with E-state index in [-0.39, 0.29) is 12.5 Å². The molecule has 0 bridgehead atoms. The third-order valence-electron chi connectivity index (χ3n) is 5.22. The fourth-order valence-electron chi connectivity index (χ4n) is 3.36. The molecule has 0 atom stereocenters. The number of β-amino-alcohol motifs (C(OH)–C–C–N with tert-alkyl or cyclic N) is 1. The van der Waals surface area contributed by atoms with E-state index in [4.69, 9.17) is 5.11 Å². The van der Waals surface area contributed by atoms with E-state index in [1.807, 2.05) is 4.90 Å². The number of unbranched alkanes of at least 4 members (excludes halogenated alkanes) is 7. The number of carbonyl (C=O) groups is 1. The summed E-state index contributed by atoms with van der Waals surface area (Å²) < 4.78 is 0. The Morgan fingerprint density at radius 2 is 1.33 bits per heavy atom. The van der Waals surface area contributed by atoms with Gasteiger partial charge in [-0.2, -0.15) is 0 Å². The number of rotatable bonds is 11. The molecule has 0 aromatic heterocycles. The third-order valence-corrected chi connectivity index (χ3v) is 5.22. The molecule has 4 nitrogen and oxygen atoms in total. The second-order valence-electron chi connectivity index (χ2n) is 7.73. The van der Waals surface area contributed by atoms with E-state index in [0.717, 1.165) is 45.4 Å². The molecule has 1 heterocycles. The SMILES string of the molecule is CCCCCCCCC#CCC#CCC#CCCCC(=O)N1CCN(CCO)CC1. The van der Waals surface area contributed by atoms with E-state index in [1.165, 1.54) is 38.5 Å². The maximum absolute atomic E-state index is 12.2. The van der Waals surface area contributed by atoms with Gasteiger partial charge in [-0.15, -0.1) is 11.8 Å². The number of piperazine rings is 1.